The van der Waals surface area contributed by atoms with Crippen LogP contribution in [-0.2, 0) is 0 Å². The molecule has 1 aliphatic rings. The SMILES string of the molecule is CC1CCCN(C(=O)c2cc(-c3cccnc3)nc3ccc(Cl)cc23)C1. The monoisotopic (exact) mass is 365 g/mol. The number of hydrogen-bond acceptors (Lipinski definition) is 3. The molecule has 1 amide bonds. The quantitative estimate of drug-likeness (QED) is 0.653. The summed E-state index contributed by atoms with van der Waals surface area (Å²) in [6.45, 7) is 3.79. The summed E-state index contributed by atoms with van der Waals surface area (Å²) < 4.78 is 0. The molecule has 4 nitrogen and oxygen atoms in total. The largest absolute Gasteiger partial charge is 0.338 e. The Bertz CT molecular complexity index is 958. The first-order valence-corrected chi connectivity index (χ1v) is 9.29. The molecule has 1 atom stereocenters. The lowest BCUT2D eigenvalue weighted by molar-refractivity contribution is 0.0685. The topological polar surface area (TPSA) is 46.1 Å². The van der Waals surface area contributed by atoms with Gasteiger partial charge >= 0.3 is 0 Å². The maximum atomic E-state index is 13.3. The van der Waals surface area contributed by atoms with E-state index in [0.717, 1.165) is 41.7 Å². The van der Waals surface area contributed by atoms with E-state index in [4.69, 9.17) is 16.6 Å². The minimum absolute atomic E-state index is 0.0522. The molecule has 1 aliphatic heterocycles. The van der Waals surface area contributed by atoms with Crippen LogP contribution in [0.25, 0.3) is 22.2 Å². The van der Waals surface area contributed by atoms with Gasteiger partial charge in [-0.25, -0.2) is 4.98 Å². The molecule has 1 saturated heterocycles. The van der Waals surface area contributed by atoms with Crippen LogP contribution >= 0.6 is 11.6 Å². The second-order valence-electron chi connectivity index (χ2n) is 6.96. The van der Waals surface area contributed by atoms with Crippen LogP contribution in [0.5, 0.6) is 0 Å². The molecule has 1 aromatic carbocycles. The lowest BCUT2D eigenvalue weighted by Crippen LogP contribution is -2.39. The number of piperidine rings is 1. The summed E-state index contributed by atoms with van der Waals surface area (Å²) in [5.74, 6) is 0.582. The van der Waals surface area contributed by atoms with Gasteiger partial charge < -0.3 is 4.90 Å². The Labute approximate surface area is 157 Å². The molecule has 0 aliphatic carbocycles. The van der Waals surface area contributed by atoms with Crippen molar-refractivity contribution in [1.82, 2.24) is 14.9 Å². The van der Waals surface area contributed by atoms with E-state index in [0.29, 0.717) is 16.5 Å². The number of nitrogens with zero attached hydrogens (tertiary/aromatic N) is 3. The lowest BCUT2D eigenvalue weighted by atomic mass is 9.98. The van der Waals surface area contributed by atoms with Gasteiger partial charge in [0.1, 0.15) is 0 Å². The van der Waals surface area contributed by atoms with Gasteiger partial charge in [0.15, 0.2) is 0 Å². The molecule has 2 aromatic heterocycles. The van der Waals surface area contributed by atoms with Crippen molar-refractivity contribution >= 4 is 28.4 Å². The third-order valence-corrected chi connectivity index (χ3v) is 5.14. The predicted octanol–water partition coefficient (Wildman–Crippen LogP) is 4.82. The average molecular weight is 366 g/mol. The molecule has 1 fully saturated rings. The summed E-state index contributed by atoms with van der Waals surface area (Å²) in [5, 5.41) is 1.41. The fourth-order valence-electron chi connectivity index (χ4n) is 3.58. The molecular weight excluding hydrogens is 346 g/mol. The Balaban J connectivity index is 1.85. The number of amides is 1. The third kappa shape index (κ3) is 3.29. The maximum Gasteiger partial charge on any atom is 0.254 e. The number of pyridine rings is 2. The van der Waals surface area contributed by atoms with E-state index in [-0.39, 0.29) is 5.91 Å². The molecule has 1 unspecified atom stereocenters. The van der Waals surface area contributed by atoms with Crippen LogP contribution in [0.4, 0.5) is 0 Å². The van der Waals surface area contributed by atoms with Gasteiger partial charge in [-0.15, -0.1) is 0 Å². The molecule has 4 rings (SSSR count). The zero-order valence-corrected chi connectivity index (χ0v) is 15.4. The highest BCUT2D eigenvalue weighted by molar-refractivity contribution is 6.31. The number of carbonyl (C=O) groups is 1. The fourth-order valence-corrected chi connectivity index (χ4v) is 3.75. The number of benzene rings is 1. The van der Waals surface area contributed by atoms with Crippen LogP contribution in [-0.4, -0.2) is 33.9 Å². The number of carbonyl (C=O) groups excluding carboxylic acids is 1. The van der Waals surface area contributed by atoms with E-state index in [1.54, 1.807) is 18.5 Å². The molecule has 0 spiro atoms. The Morgan fingerprint density at radius 1 is 1.27 bits per heavy atom. The molecule has 0 radical (unpaired) electrons. The van der Waals surface area contributed by atoms with Crippen LogP contribution < -0.4 is 0 Å². The predicted molar refractivity (Wildman–Crippen MR) is 104 cm³/mol. The summed E-state index contributed by atoms with van der Waals surface area (Å²) >= 11 is 6.20. The van der Waals surface area contributed by atoms with Crippen molar-refractivity contribution in [2.45, 2.75) is 19.8 Å². The zero-order valence-electron chi connectivity index (χ0n) is 14.7. The Kier molecular flexibility index (Phi) is 4.60. The standard InChI is InChI=1S/C21H20ClN3O/c1-14-4-3-9-25(13-14)21(26)18-11-20(15-5-2-8-23-12-15)24-19-7-6-16(22)10-17(18)19/h2,5-8,10-12,14H,3-4,9,13H2,1H3. The second kappa shape index (κ2) is 7.04. The molecular formula is C21H20ClN3O. The Morgan fingerprint density at radius 2 is 2.15 bits per heavy atom. The first-order chi connectivity index (χ1) is 12.6. The smallest absolute Gasteiger partial charge is 0.254 e. The summed E-state index contributed by atoms with van der Waals surface area (Å²) in [6.07, 6.45) is 5.71. The molecule has 0 bridgehead atoms. The van der Waals surface area contributed by atoms with Crippen molar-refractivity contribution in [3.63, 3.8) is 0 Å². The summed E-state index contributed by atoms with van der Waals surface area (Å²) in [6, 6.07) is 11.2. The number of aromatic nitrogens is 2. The summed E-state index contributed by atoms with van der Waals surface area (Å²) in [7, 11) is 0. The number of likely N-dealkylation sites (tertiary alicyclic amines) is 1. The molecule has 5 heteroatoms. The van der Waals surface area contributed by atoms with E-state index in [2.05, 4.69) is 11.9 Å². The van der Waals surface area contributed by atoms with Gasteiger partial charge in [0.05, 0.1) is 16.8 Å². The van der Waals surface area contributed by atoms with Gasteiger partial charge in [-0.1, -0.05) is 18.5 Å². The van der Waals surface area contributed by atoms with Crippen LogP contribution in [0.1, 0.15) is 30.1 Å². The van der Waals surface area contributed by atoms with Crippen molar-refractivity contribution < 1.29 is 4.79 Å². The molecule has 26 heavy (non-hydrogen) atoms. The van der Waals surface area contributed by atoms with Crippen LogP contribution in [0.15, 0.2) is 48.8 Å². The number of fused-ring (bicyclic) bond motifs is 1. The first-order valence-electron chi connectivity index (χ1n) is 8.92. The van der Waals surface area contributed by atoms with E-state index in [1.165, 1.54) is 6.42 Å². The number of halogens is 1. The molecule has 3 heterocycles. The van der Waals surface area contributed by atoms with Crippen molar-refractivity contribution in [2.24, 2.45) is 5.92 Å². The normalized spacial score (nSPS) is 17.5. The molecule has 0 N–H and O–H groups in total. The van der Waals surface area contributed by atoms with Crippen molar-refractivity contribution in [3.05, 3.63) is 59.4 Å². The van der Waals surface area contributed by atoms with Gasteiger partial charge in [-0.2, -0.15) is 0 Å². The van der Waals surface area contributed by atoms with E-state index in [1.807, 2.05) is 35.2 Å². The van der Waals surface area contributed by atoms with Gasteiger partial charge in [0, 0.05) is 41.5 Å². The lowest BCUT2D eigenvalue weighted by Gasteiger charge is -2.31. The Morgan fingerprint density at radius 3 is 2.92 bits per heavy atom. The minimum atomic E-state index is 0.0522. The van der Waals surface area contributed by atoms with Crippen molar-refractivity contribution in [2.75, 3.05) is 13.1 Å². The van der Waals surface area contributed by atoms with Crippen LogP contribution in [0.2, 0.25) is 5.02 Å². The first kappa shape index (κ1) is 17.0. The highest BCUT2D eigenvalue weighted by atomic mass is 35.5. The summed E-state index contributed by atoms with van der Waals surface area (Å²) in [5.41, 5.74) is 3.07. The highest BCUT2D eigenvalue weighted by Gasteiger charge is 2.24. The van der Waals surface area contributed by atoms with E-state index < -0.39 is 0 Å². The second-order valence-corrected chi connectivity index (χ2v) is 7.39. The Hall–Kier alpha value is -2.46. The third-order valence-electron chi connectivity index (χ3n) is 4.90. The van der Waals surface area contributed by atoms with E-state index >= 15 is 0 Å². The van der Waals surface area contributed by atoms with Gasteiger partial charge in [0.2, 0.25) is 0 Å². The van der Waals surface area contributed by atoms with Crippen LogP contribution in [0.3, 0.4) is 0 Å². The van der Waals surface area contributed by atoms with Gasteiger partial charge in [-0.05, 0) is 55.2 Å². The molecule has 0 saturated carbocycles. The average Bonchev–Trinajstić information content (AvgIpc) is 2.67. The van der Waals surface area contributed by atoms with Gasteiger partial charge in [0.25, 0.3) is 5.91 Å². The minimum Gasteiger partial charge on any atom is -0.338 e. The fraction of sp³-hybridized carbons (Fsp3) is 0.286. The highest BCUT2D eigenvalue weighted by Crippen LogP contribution is 2.28. The summed E-state index contributed by atoms with van der Waals surface area (Å²) in [4.78, 5) is 24.1. The molecule has 3 aromatic rings. The number of rotatable bonds is 2. The molecule has 132 valence electrons. The van der Waals surface area contributed by atoms with Crippen LogP contribution in [0, 0.1) is 5.92 Å². The van der Waals surface area contributed by atoms with Crippen molar-refractivity contribution in [1.29, 1.82) is 0 Å². The number of hydrogen-bond donors (Lipinski definition) is 0. The van der Waals surface area contributed by atoms with E-state index in [9.17, 15) is 4.79 Å². The van der Waals surface area contributed by atoms with Gasteiger partial charge in [-0.3, -0.25) is 9.78 Å². The maximum absolute atomic E-state index is 13.3. The zero-order chi connectivity index (χ0) is 18.1. The van der Waals surface area contributed by atoms with Crippen molar-refractivity contribution in [3.8, 4) is 11.3 Å².